The number of amides is 1. The van der Waals surface area contributed by atoms with Crippen LogP contribution in [0.3, 0.4) is 0 Å². The molecule has 0 aliphatic carbocycles. The number of ether oxygens (including phenoxy) is 2. The highest BCUT2D eigenvalue weighted by atomic mass is 32.2. The van der Waals surface area contributed by atoms with Crippen LogP contribution in [-0.4, -0.2) is 41.6 Å². The van der Waals surface area contributed by atoms with Crippen molar-refractivity contribution in [1.29, 1.82) is 0 Å². The topological polar surface area (TPSA) is 84.9 Å². The van der Waals surface area contributed by atoms with Gasteiger partial charge in [-0.2, -0.15) is 0 Å². The number of likely N-dealkylation sites (N-methyl/N-ethyl adjacent to an activating group) is 1. The van der Waals surface area contributed by atoms with E-state index in [0.29, 0.717) is 18.0 Å². The number of hydrogen-bond acceptors (Lipinski definition) is 5. The molecule has 0 spiro atoms. The lowest BCUT2D eigenvalue weighted by Crippen LogP contribution is -2.40. The molecule has 0 aromatic heterocycles. The summed E-state index contributed by atoms with van der Waals surface area (Å²) in [6, 6.07) is 13.4. The average molecular weight is 378 g/mol. The monoisotopic (exact) mass is 378 g/mol. The minimum absolute atomic E-state index is 0.0589. The smallest absolute Gasteiger partial charge is 0.244 e. The van der Waals surface area contributed by atoms with E-state index in [1.165, 1.54) is 37.3 Å². The predicted molar refractivity (Wildman–Crippen MR) is 99.2 cm³/mol. The Labute approximate surface area is 153 Å². The van der Waals surface area contributed by atoms with Crippen molar-refractivity contribution in [3.05, 3.63) is 48.5 Å². The van der Waals surface area contributed by atoms with Crippen molar-refractivity contribution in [2.24, 2.45) is 0 Å². The third-order valence-electron chi connectivity index (χ3n) is 3.76. The quantitative estimate of drug-likeness (QED) is 0.760. The Morgan fingerprint density at radius 2 is 1.77 bits per heavy atom. The zero-order valence-electron chi connectivity index (χ0n) is 14.9. The maximum Gasteiger partial charge on any atom is 0.244 e. The molecule has 0 saturated heterocycles. The van der Waals surface area contributed by atoms with Crippen LogP contribution in [0, 0.1) is 0 Å². The van der Waals surface area contributed by atoms with Crippen LogP contribution in [-0.2, 0) is 14.8 Å². The third-order valence-corrected chi connectivity index (χ3v) is 5.20. The highest BCUT2D eigenvalue weighted by Crippen LogP contribution is 2.28. The summed E-state index contributed by atoms with van der Waals surface area (Å²) in [5.74, 6) is 0.257. The third kappa shape index (κ3) is 4.53. The lowest BCUT2D eigenvalue weighted by Gasteiger charge is -2.21. The molecule has 0 unspecified atom stereocenters. The number of carbonyl (C=O) groups excluding carboxylic acids is 1. The van der Waals surface area contributed by atoms with Gasteiger partial charge in [0.15, 0.2) is 0 Å². The first-order valence-electron chi connectivity index (χ1n) is 8.00. The minimum Gasteiger partial charge on any atom is -0.497 e. The molecule has 2 aromatic carbocycles. The van der Waals surface area contributed by atoms with Gasteiger partial charge < -0.3 is 14.4 Å². The lowest BCUT2D eigenvalue weighted by atomic mass is 10.3. The van der Waals surface area contributed by atoms with Gasteiger partial charge >= 0.3 is 0 Å². The fraction of sp³-hybridized carbons (Fsp3) is 0.278. The summed E-state index contributed by atoms with van der Waals surface area (Å²) in [4.78, 5) is 13.9. The zero-order valence-corrected chi connectivity index (χ0v) is 15.7. The van der Waals surface area contributed by atoms with Crippen LogP contribution in [0.25, 0.3) is 0 Å². The summed E-state index contributed by atoms with van der Waals surface area (Å²) >= 11 is 0. The van der Waals surface area contributed by atoms with Gasteiger partial charge in [-0.1, -0.05) is 18.2 Å². The van der Waals surface area contributed by atoms with Crippen LogP contribution >= 0.6 is 0 Å². The van der Waals surface area contributed by atoms with E-state index in [-0.39, 0.29) is 23.1 Å². The number of para-hydroxylation sites is 1. The van der Waals surface area contributed by atoms with E-state index >= 15 is 0 Å². The zero-order chi connectivity index (χ0) is 19.2. The predicted octanol–water partition coefficient (Wildman–Crippen LogP) is 2.04. The molecule has 0 heterocycles. The Morgan fingerprint density at radius 1 is 1.08 bits per heavy atom. The standard InChI is InChI=1S/C18H22N2O5S/c1-4-20(14-8-6-5-7-9-14)18(21)13-19-26(22,23)17-11-10-15(24-2)12-16(17)25-3/h5-12,19H,4,13H2,1-3H3. The molecule has 0 radical (unpaired) electrons. The average Bonchev–Trinajstić information content (AvgIpc) is 2.67. The number of hydrogen-bond donors (Lipinski definition) is 1. The van der Waals surface area contributed by atoms with Crippen molar-refractivity contribution >= 4 is 21.6 Å². The highest BCUT2D eigenvalue weighted by molar-refractivity contribution is 7.89. The van der Waals surface area contributed by atoms with Gasteiger partial charge in [0, 0.05) is 18.3 Å². The van der Waals surface area contributed by atoms with Crippen molar-refractivity contribution in [3.63, 3.8) is 0 Å². The molecule has 1 amide bonds. The van der Waals surface area contributed by atoms with Crippen LogP contribution in [0.5, 0.6) is 11.5 Å². The number of nitrogens with zero attached hydrogens (tertiary/aromatic N) is 1. The van der Waals surface area contributed by atoms with Crippen LogP contribution in [0.2, 0.25) is 0 Å². The molecule has 0 fully saturated rings. The molecular formula is C18H22N2O5S. The van der Waals surface area contributed by atoms with Crippen LogP contribution in [0.1, 0.15) is 6.92 Å². The summed E-state index contributed by atoms with van der Waals surface area (Å²) < 4.78 is 37.6. The Balaban J connectivity index is 2.16. The number of methoxy groups -OCH3 is 2. The van der Waals surface area contributed by atoms with Gasteiger partial charge in [-0.15, -0.1) is 0 Å². The molecule has 26 heavy (non-hydrogen) atoms. The first-order chi connectivity index (χ1) is 12.4. The van der Waals surface area contributed by atoms with Crippen molar-refractivity contribution in [1.82, 2.24) is 4.72 Å². The number of sulfonamides is 1. The number of nitrogens with one attached hydrogen (secondary N) is 1. The molecule has 2 aromatic rings. The lowest BCUT2D eigenvalue weighted by molar-refractivity contribution is -0.117. The number of carbonyl (C=O) groups is 1. The molecule has 2 rings (SSSR count). The molecule has 0 saturated carbocycles. The van der Waals surface area contributed by atoms with Crippen molar-refractivity contribution in [2.75, 3.05) is 32.2 Å². The fourth-order valence-corrected chi connectivity index (χ4v) is 3.56. The Hall–Kier alpha value is -2.58. The second-order valence-electron chi connectivity index (χ2n) is 5.31. The molecule has 1 N–H and O–H groups in total. The summed E-state index contributed by atoms with van der Waals surface area (Å²) in [6.45, 7) is 1.89. The maximum atomic E-state index is 12.6. The second kappa shape index (κ2) is 8.68. The van der Waals surface area contributed by atoms with E-state index in [9.17, 15) is 13.2 Å². The fourth-order valence-electron chi connectivity index (χ4n) is 2.44. The van der Waals surface area contributed by atoms with Crippen molar-refractivity contribution in [3.8, 4) is 11.5 Å². The van der Waals surface area contributed by atoms with Crippen molar-refractivity contribution in [2.45, 2.75) is 11.8 Å². The molecule has 0 atom stereocenters. The van der Waals surface area contributed by atoms with E-state index < -0.39 is 10.0 Å². The summed E-state index contributed by atoms with van der Waals surface area (Å²) in [6.07, 6.45) is 0. The summed E-state index contributed by atoms with van der Waals surface area (Å²) in [5.41, 5.74) is 0.709. The maximum absolute atomic E-state index is 12.6. The van der Waals surface area contributed by atoms with Gasteiger partial charge in [0.05, 0.1) is 20.8 Å². The second-order valence-corrected chi connectivity index (χ2v) is 7.05. The van der Waals surface area contributed by atoms with Gasteiger partial charge in [-0.05, 0) is 31.2 Å². The van der Waals surface area contributed by atoms with Crippen LogP contribution in [0.15, 0.2) is 53.4 Å². The van der Waals surface area contributed by atoms with Gasteiger partial charge in [0.1, 0.15) is 16.4 Å². The van der Waals surface area contributed by atoms with Crippen LogP contribution in [0.4, 0.5) is 5.69 Å². The molecule has 0 aliphatic heterocycles. The molecular weight excluding hydrogens is 356 g/mol. The molecule has 7 nitrogen and oxygen atoms in total. The molecule has 0 bridgehead atoms. The Morgan fingerprint density at radius 3 is 2.35 bits per heavy atom. The molecule has 0 aliphatic rings. The van der Waals surface area contributed by atoms with E-state index in [0.717, 1.165) is 0 Å². The summed E-state index contributed by atoms with van der Waals surface area (Å²) in [5, 5.41) is 0. The van der Waals surface area contributed by atoms with Gasteiger partial charge in [0.25, 0.3) is 0 Å². The molecule has 140 valence electrons. The highest BCUT2D eigenvalue weighted by Gasteiger charge is 2.22. The van der Waals surface area contributed by atoms with Gasteiger partial charge in [0.2, 0.25) is 15.9 Å². The largest absolute Gasteiger partial charge is 0.497 e. The van der Waals surface area contributed by atoms with E-state index in [4.69, 9.17) is 9.47 Å². The Kier molecular flexibility index (Phi) is 6.59. The SMILES string of the molecule is CCN(C(=O)CNS(=O)(=O)c1ccc(OC)cc1OC)c1ccccc1. The van der Waals surface area contributed by atoms with E-state index in [2.05, 4.69) is 4.72 Å². The Bertz CT molecular complexity index is 853. The first-order valence-corrected chi connectivity index (χ1v) is 9.48. The van der Waals surface area contributed by atoms with Gasteiger partial charge in [-0.25, -0.2) is 13.1 Å². The summed E-state index contributed by atoms with van der Waals surface area (Å²) in [7, 11) is -1.08. The number of benzene rings is 2. The first kappa shape index (κ1) is 19.7. The molecule has 8 heteroatoms. The van der Waals surface area contributed by atoms with Crippen LogP contribution < -0.4 is 19.1 Å². The van der Waals surface area contributed by atoms with E-state index in [1.807, 2.05) is 25.1 Å². The number of anilines is 1. The van der Waals surface area contributed by atoms with Crippen molar-refractivity contribution < 1.29 is 22.7 Å². The van der Waals surface area contributed by atoms with Gasteiger partial charge in [-0.3, -0.25) is 4.79 Å². The van der Waals surface area contributed by atoms with E-state index in [1.54, 1.807) is 12.1 Å². The minimum atomic E-state index is -3.93. The number of rotatable bonds is 8. The normalized spacial score (nSPS) is 11.0.